The Morgan fingerprint density at radius 2 is 2.00 bits per heavy atom. The van der Waals surface area contributed by atoms with Gasteiger partial charge < -0.3 is 15.5 Å². The molecule has 0 aromatic carbocycles. The van der Waals surface area contributed by atoms with Crippen LogP contribution in [0.15, 0.2) is 17.5 Å². The van der Waals surface area contributed by atoms with Crippen molar-refractivity contribution in [3.8, 4) is 0 Å². The first kappa shape index (κ1) is 17.9. The molecule has 0 spiro atoms. The van der Waals surface area contributed by atoms with E-state index in [4.69, 9.17) is 0 Å². The molecule has 1 heterocycles. The lowest BCUT2D eigenvalue weighted by Gasteiger charge is -2.37. The van der Waals surface area contributed by atoms with Gasteiger partial charge in [-0.05, 0) is 38.4 Å². The second-order valence-corrected chi connectivity index (χ2v) is 7.51. The number of hydrogen-bond acceptors (Lipinski definition) is 4. The molecule has 128 valence electrons. The third-order valence-electron chi connectivity index (χ3n) is 4.51. The highest BCUT2D eigenvalue weighted by atomic mass is 32.1. The van der Waals surface area contributed by atoms with Crippen LogP contribution in [0, 0.1) is 0 Å². The zero-order chi connectivity index (χ0) is 16.9. The predicted octanol–water partition coefficient (Wildman–Crippen LogP) is 2.31. The summed E-state index contributed by atoms with van der Waals surface area (Å²) in [6.07, 6.45) is 4.55. The minimum Gasteiger partial charge on any atom is -0.352 e. The Morgan fingerprint density at radius 3 is 2.52 bits per heavy atom. The zero-order valence-electron chi connectivity index (χ0n) is 14.2. The lowest BCUT2D eigenvalue weighted by Crippen LogP contribution is -2.59. The predicted molar refractivity (Wildman–Crippen MR) is 93.4 cm³/mol. The van der Waals surface area contributed by atoms with Gasteiger partial charge in [0.15, 0.2) is 0 Å². The van der Waals surface area contributed by atoms with Crippen molar-refractivity contribution in [1.82, 2.24) is 15.5 Å². The van der Waals surface area contributed by atoms with Crippen LogP contribution in [0.5, 0.6) is 0 Å². The van der Waals surface area contributed by atoms with Crippen molar-refractivity contribution in [2.24, 2.45) is 0 Å². The van der Waals surface area contributed by atoms with Crippen molar-refractivity contribution in [1.29, 1.82) is 0 Å². The van der Waals surface area contributed by atoms with Crippen LogP contribution in [0.2, 0.25) is 0 Å². The quantitative estimate of drug-likeness (QED) is 0.837. The van der Waals surface area contributed by atoms with Gasteiger partial charge in [0.05, 0.1) is 6.04 Å². The fraction of sp³-hybridized carbons (Fsp3) is 0.647. The number of amides is 2. The van der Waals surface area contributed by atoms with Crippen molar-refractivity contribution in [3.63, 3.8) is 0 Å². The second-order valence-electron chi connectivity index (χ2n) is 6.53. The van der Waals surface area contributed by atoms with E-state index in [2.05, 4.69) is 21.6 Å². The van der Waals surface area contributed by atoms with Crippen LogP contribution in [0.3, 0.4) is 0 Å². The van der Waals surface area contributed by atoms with Crippen molar-refractivity contribution in [3.05, 3.63) is 22.4 Å². The van der Waals surface area contributed by atoms with Gasteiger partial charge in [-0.25, -0.2) is 0 Å². The Labute approximate surface area is 142 Å². The van der Waals surface area contributed by atoms with Gasteiger partial charge >= 0.3 is 0 Å². The van der Waals surface area contributed by atoms with Gasteiger partial charge in [0.25, 0.3) is 0 Å². The molecule has 23 heavy (non-hydrogen) atoms. The first-order valence-corrected chi connectivity index (χ1v) is 9.09. The number of carbonyl (C=O) groups is 2. The summed E-state index contributed by atoms with van der Waals surface area (Å²) < 4.78 is 0. The van der Waals surface area contributed by atoms with E-state index < -0.39 is 5.54 Å². The maximum Gasteiger partial charge on any atom is 0.245 e. The Bertz CT molecular complexity index is 522. The third kappa shape index (κ3) is 4.54. The van der Waals surface area contributed by atoms with Crippen LogP contribution in [0.4, 0.5) is 0 Å². The third-order valence-corrected chi connectivity index (χ3v) is 5.48. The molecule has 1 saturated carbocycles. The highest BCUT2D eigenvalue weighted by Crippen LogP contribution is 2.29. The van der Waals surface area contributed by atoms with E-state index >= 15 is 0 Å². The van der Waals surface area contributed by atoms with Crippen LogP contribution in [-0.2, 0) is 9.59 Å². The summed E-state index contributed by atoms with van der Waals surface area (Å²) >= 11 is 1.69. The molecule has 1 aliphatic carbocycles. The number of nitrogens with zero attached hydrogens (tertiary/aromatic N) is 1. The van der Waals surface area contributed by atoms with Crippen LogP contribution in [-0.4, -0.2) is 42.9 Å². The van der Waals surface area contributed by atoms with Gasteiger partial charge in [-0.1, -0.05) is 25.3 Å². The van der Waals surface area contributed by atoms with E-state index in [0.717, 1.165) is 32.1 Å². The topological polar surface area (TPSA) is 61.4 Å². The minimum absolute atomic E-state index is 0.0455. The number of nitrogens with one attached hydrogen (secondary N) is 2. The average Bonchev–Trinajstić information content (AvgIpc) is 3.01. The highest BCUT2D eigenvalue weighted by Gasteiger charge is 2.40. The SMILES string of the molecule is CC(=O)NC1(C(=O)NC[C@H](c2cccs2)N(C)C)CCCCC1. The van der Waals surface area contributed by atoms with Crippen molar-refractivity contribution in [2.45, 2.75) is 50.6 Å². The van der Waals surface area contributed by atoms with E-state index in [-0.39, 0.29) is 17.9 Å². The molecule has 1 aromatic heterocycles. The Kier molecular flexibility index (Phi) is 6.18. The van der Waals surface area contributed by atoms with E-state index in [0.29, 0.717) is 6.54 Å². The number of thiophene rings is 1. The largest absolute Gasteiger partial charge is 0.352 e. The zero-order valence-corrected chi connectivity index (χ0v) is 15.0. The molecule has 0 radical (unpaired) electrons. The van der Waals surface area contributed by atoms with Crippen molar-refractivity contribution < 1.29 is 9.59 Å². The van der Waals surface area contributed by atoms with Gasteiger partial charge in [-0.2, -0.15) is 0 Å². The Balaban J connectivity index is 2.04. The highest BCUT2D eigenvalue weighted by molar-refractivity contribution is 7.10. The average molecular weight is 337 g/mol. The molecular weight excluding hydrogens is 310 g/mol. The standard InChI is InChI=1S/C17H27N3O2S/c1-13(21)19-17(9-5-4-6-10-17)16(22)18-12-14(20(2)3)15-8-7-11-23-15/h7-8,11,14H,4-6,9-10,12H2,1-3H3,(H,18,22)(H,19,21)/t14-/m1/s1. The fourth-order valence-corrected chi connectivity index (χ4v) is 4.20. The van der Waals surface area contributed by atoms with Gasteiger partial charge in [-0.3, -0.25) is 9.59 Å². The van der Waals surface area contributed by atoms with E-state index in [1.165, 1.54) is 11.8 Å². The van der Waals surface area contributed by atoms with Gasteiger partial charge in [0.1, 0.15) is 5.54 Å². The van der Waals surface area contributed by atoms with Gasteiger partial charge in [0.2, 0.25) is 11.8 Å². The van der Waals surface area contributed by atoms with Crippen LogP contribution < -0.4 is 10.6 Å². The summed E-state index contributed by atoms with van der Waals surface area (Å²) in [4.78, 5) is 27.7. The van der Waals surface area contributed by atoms with Gasteiger partial charge in [-0.15, -0.1) is 11.3 Å². The van der Waals surface area contributed by atoms with E-state index in [1.807, 2.05) is 25.5 Å². The molecule has 2 N–H and O–H groups in total. The Morgan fingerprint density at radius 1 is 1.30 bits per heavy atom. The van der Waals surface area contributed by atoms with Crippen LogP contribution >= 0.6 is 11.3 Å². The van der Waals surface area contributed by atoms with Crippen LogP contribution in [0.1, 0.15) is 49.9 Å². The molecule has 0 saturated heterocycles. The van der Waals surface area contributed by atoms with E-state index in [1.54, 1.807) is 11.3 Å². The lowest BCUT2D eigenvalue weighted by atomic mass is 9.80. The van der Waals surface area contributed by atoms with Gasteiger partial charge in [0, 0.05) is 18.3 Å². The molecule has 0 unspecified atom stereocenters. The summed E-state index contributed by atoms with van der Waals surface area (Å²) in [5.41, 5.74) is -0.726. The smallest absolute Gasteiger partial charge is 0.245 e. The summed E-state index contributed by atoms with van der Waals surface area (Å²) in [5.74, 6) is -0.180. The number of carbonyl (C=O) groups excluding carboxylic acids is 2. The summed E-state index contributed by atoms with van der Waals surface area (Å²) in [6.45, 7) is 2.03. The maximum atomic E-state index is 12.8. The van der Waals surface area contributed by atoms with Crippen molar-refractivity contribution >= 4 is 23.2 Å². The van der Waals surface area contributed by atoms with Crippen LogP contribution in [0.25, 0.3) is 0 Å². The lowest BCUT2D eigenvalue weighted by molar-refractivity contribution is -0.134. The molecule has 6 heteroatoms. The number of likely N-dealkylation sites (N-methyl/N-ethyl adjacent to an activating group) is 1. The molecule has 0 bridgehead atoms. The molecular formula is C17H27N3O2S. The molecule has 2 rings (SSSR count). The molecule has 0 aliphatic heterocycles. The van der Waals surface area contributed by atoms with E-state index in [9.17, 15) is 9.59 Å². The normalized spacial score (nSPS) is 18.4. The molecule has 2 amide bonds. The molecule has 1 aromatic rings. The first-order chi connectivity index (χ1) is 10.9. The number of rotatable bonds is 6. The summed E-state index contributed by atoms with van der Waals surface area (Å²) in [7, 11) is 4.03. The molecule has 1 fully saturated rings. The fourth-order valence-electron chi connectivity index (χ4n) is 3.28. The molecule has 5 nitrogen and oxygen atoms in total. The summed E-state index contributed by atoms with van der Waals surface area (Å²) in [5, 5.41) is 8.05. The first-order valence-electron chi connectivity index (χ1n) is 8.21. The molecule has 1 aliphatic rings. The Hall–Kier alpha value is -1.40. The number of hydrogen-bond donors (Lipinski definition) is 2. The molecule has 1 atom stereocenters. The van der Waals surface area contributed by atoms with Crippen molar-refractivity contribution in [2.75, 3.05) is 20.6 Å². The maximum absolute atomic E-state index is 12.8. The minimum atomic E-state index is -0.726. The monoisotopic (exact) mass is 337 g/mol. The second kappa shape index (κ2) is 7.93. The summed E-state index contributed by atoms with van der Waals surface area (Å²) in [6, 6.07) is 4.26.